The van der Waals surface area contributed by atoms with Gasteiger partial charge in [0.1, 0.15) is 11.8 Å². The van der Waals surface area contributed by atoms with Gasteiger partial charge in [0.15, 0.2) is 0 Å². The van der Waals surface area contributed by atoms with E-state index < -0.39 is 23.8 Å². The van der Waals surface area contributed by atoms with Crippen LogP contribution in [0.3, 0.4) is 0 Å². The molecule has 0 spiro atoms. The highest BCUT2D eigenvalue weighted by molar-refractivity contribution is 5.79. The molecule has 4 N–H and O–H groups in total. The Hall–Kier alpha value is -3.16. The van der Waals surface area contributed by atoms with Crippen molar-refractivity contribution in [1.82, 2.24) is 10.0 Å². The van der Waals surface area contributed by atoms with Crippen LogP contribution in [0.15, 0.2) is 36.4 Å². The predicted octanol–water partition coefficient (Wildman–Crippen LogP) is -0.0826. The van der Waals surface area contributed by atoms with Gasteiger partial charge in [0.2, 0.25) is 18.2 Å². The van der Waals surface area contributed by atoms with E-state index in [0.717, 1.165) is 12.1 Å². The number of phenols is 1. The van der Waals surface area contributed by atoms with E-state index in [1.54, 1.807) is 12.1 Å². The second-order valence-corrected chi connectivity index (χ2v) is 4.46. The summed E-state index contributed by atoms with van der Waals surface area (Å²) in [6, 6.07) is 7.34. The lowest BCUT2D eigenvalue weighted by Crippen LogP contribution is -2.42. The fourth-order valence-electron chi connectivity index (χ4n) is 1.81. The molecule has 0 aliphatic carbocycles. The van der Waals surface area contributed by atoms with Gasteiger partial charge in [-0.1, -0.05) is 12.1 Å². The zero-order valence-electron chi connectivity index (χ0n) is 11.3. The first kappa shape index (κ1) is 15.2. The molecule has 0 saturated carbocycles. The van der Waals surface area contributed by atoms with Crippen molar-refractivity contribution in [2.75, 3.05) is 0 Å². The van der Waals surface area contributed by atoms with Gasteiger partial charge in [-0.3, -0.25) is 4.79 Å². The van der Waals surface area contributed by atoms with Gasteiger partial charge in [0.25, 0.3) is 0 Å². The molecule has 8 nitrogen and oxygen atoms in total. The SMILES string of the molecule is O=CN[C@@H](Cc1ccc(O)cc1)C(=O)On1c(O)ccc1O. The van der Waals surface area contributed by atoms with Crippen LogP contribution in [0.1, 0.15) is 5.56 Å². The molecule has 2 aromatic rings. The molecule has 116 valence electrons. The van der Waals surface area contributed by atoms with Crippen LogP contribution in [-0.4, -0.2) is 38.5 Å². The first-order chi connectivity index (χ1) is 10.5. The summed E-state index contributed by atoms with van der Waals surface area (Å²) < 4.78 is 0.540. The maximum atomic E-state index is 12.0. The van der Waals surface area contributed by atoms with Gasteiger partial charge >= 0.3 is 5.97 Å². The number of benzene rings is 1. The number of hydrogen-bond donors (Lipinski definition) is 4. The zero-order valence-corrected chi connectivity index (χ0v) is 11.3. The van der Waals surface area contributed by atoms with Crippen molar-refractivity contribution in [2.45, 2.75) is 12.5 Å². The second kappa shape index (κ2) is 6.53. The maximum Gasteiger partial charge on any atom is 0.355 e. The lowest BCUT2D eigenvalue weighted by atomic mass is 10.1. The molecule has 0 unspecified atom stereocenters. The normalized spacial score (nSPS) is 11.6. The first-order valence-electron chi connectivity index (χ1n) is 6.30. The zero-order chi connectivity index (χ0) is 16.1. The van der Waals surface area contributed by atoms with E-state index in [0.29, 0.717) is 16.7 Å². The summed E-state index contributed by atoms with van der Waals surface area (Å²) in [6.45, 7) is 0. The Kier molecular flexibility index (Phi) is 4.52. The molecule has 1 aromatic heterocycles. The number of carbonyl (C=O) groups excluding carboxylic acids is 2. The molecule has 0 bridgehead atoms. The number of carbonyl (C=O) groups is 2. The van der Waals surface area contributed by atoms with Gasteiger partial charge in [0, 0.05) is 18.6 Å². The van der Waals surface area contributed by atoms with Crippen LogP contribution in [0.2, 0.25) is 0 Å². The summed E-state index contributed by atoms with van der Waals surface area (Å²) in [7, 11) is 0. The third-order valence-electron chi connectivity index (χ3n) is 2.91. The molecule has 22 heavy (non-hydrogen) atoms. The molecule has 0 aliphatic heterocycles. The van der Waals surface area contributed by atoms with Crippen LogP contribution >= 0.6 is 0 Å². The van der Waals surface area contributed by atoms with Crippen molar-refractivity contribution in [3.8, 4) is 17.5 Å². The van der Waals surface area contributed by atoms with Gasteiger partial charge < -0.3 is 25.5 Å². The van der Waals surface area contributed by atoms with Crippen LogP contribution in [0.4, 0.5) is 0 Å². The number of nitrogens with one attached hydrogen (secondary N) is 1. The van der Waals surface area contributed by atoms with E-state index in [2.05, 4.69) is 5.32 Å². The standard InChI is InChI=1S/C14H14N2O6/c17-8-15-11(7-9-1-3-10(18)4-2-9)14(21)22-16-12(19)5-6-13(16)20/h1-6,8,11,18-20H,7H2,(H,15,17)/t11-/m0/s1. The largest absolute Gasteiger partial charge is 0.508 e. The Bertz CT molecular complexity index is 645. The molecular formula is C14H14N2O6. The quantitative estimate of drug-likeness (QED) is 0.554. The Balaban J connectivity index is 2.11. The summed E-state index contributed by atoms with van der Waals surface area (Å²) in [5, 5.41) is 30.4. The molecule has 1 heterocycles. The van der Waals surface area contributed by atoms with Gasteiger partial charge in [-0.2, -0.15) is 0 Å². The number of phenolic OH excluding ortho intramolecular Hbond substituents is 1. The Morgan fingerprint density at radius 3 is 2.27 bits per heavy atom. The molecule has 0 aliphatic rings. The topological polar surface area (TPSA) is 121 Å². The molecule has 1 atom stereocenters. The summed E-state index contributed by atoms with van der Waals surface area (Å²) in [5.41, 5.74) is 0.676. The second-order valence-electron chi connectivity index (χ2n) is 4.46. The average molecular weight is 306 g/mol. The number of amides is 1. The number of rotatable bonds is 6. The summed E-state index contributed by atoms with van der Waals surface area (Å²) in [5.74, 6) is -1.71. The Morgan fingerprint density at radius 2 is 1.73 bits per heavy atom. The van der Waals surface area contributed by atoms with E-state index in [-0.39, 0.29) is 12.2 Å². The highest BCUT2D eigenvalue weighted by Crippen LogP contribution is 2.19. The minimum atomic E-state index is -1.02. The molecule has 0 radical (unpaired) electrons. The Morgan fingerprint density at radius 1 is 1.14 bits per heavy atom. The van der Waals surface area contributed by atoms with Gasteiger partial charge in [-0.25, -0.2) is 4.79 Å². The van der Waals surface area contributed by atoms with Crippen LogP contribution < -0.4 is 10.2 Å². The van der Waals surface area contributed by atoms with E-state index >= 15 is 0 Å². The van der Waals surface area contributed by atoms with Crippen molar-refractivity contribution in [2.24, 2.45) is 0 Å². The summed E-state index contributed by atoms with van der Waals surface area (Å²) in [4.78, 5) is 27.5. The van der Waals surface area contributed by atoms with E-state index in [1.165, 1.54) is 12.1 Å². The third-order valence-corrected chi connectivity index (χ3v) is 2.91. The highest BCUT2D eigenvalue weighted by atomic mass is 16.7. The molecule has 0 fully saturated rings. The average Bonchev–Trinajstić information content (AvgIpc) is 2.81. The van der Waals surface area contributed by atoms with Crippen molar-refractivity contribution < 1.29 is 29.7 Å². The fraction of sp³-hybridized carbons (Fsp3) is 0.143. The van der Waals surface area contributed by atoms with E-state index in [1.807, 2.05) is 0 Å². The molecule has 1 amide bonds. The fourth-order valence-corrected chi connectivity index (χ4v) is 1.81. The number of aromatic nitrogens is 1. The van der Waals surface area contributed by atoms with Gasteiger partial charge in [-0.15, -0.1) is 4.73 Å². The van der Waals surface area contributed by atoms with Crippen LogP contribution in [-0.2, 0) is 16.0 Å². The third kappa shape index (κ3) is 3.48. The summed E-state index contributed by atoms with van der Waals surface area (Å²) >= 11 is 0. The van der Waals surface area contributed by atoms with Gasteiger partial charge in [0.05, 0.1) is 0 Å². The molecule has 1 aromatic carbocycles. The lowest BCUT2D eigenvalue weighted by molar-refractivity contribution is -0.148. The number of hydrogen-bond acceptors (Lipinski definition) is 6. The molecule has 8 heteroatoms. The maximum absolute atomic E-state index is 12.0. The van der Waals surface area contributed by atoms with Crippen LogP contribution in [0.5, 0.6) is 17.5 Å². The molecule has 2 rings (SSSR count). The molecular weight excluding hydrogens is 292 g/mol. The molecule has 0 saturated heterocycles. The summed E-state index contributed by atoms with van der Waals surface area (Å²) in [6.07, 6.45) is 0.461. The monoisotopic (exact) mass is 306 g/mol. The Labute approximate surface area is 125 Å². The van der Waals surface area contributed by atoms with Crippen LogP contribution in [0, 0.1) is 0 Å². The van der Waals surface area contributed by atoms with E-state index in [4.69, 9.17) is 4.84 Å². The number of nitrogens with zero attached hydrogens (tertiary/aromatic N) is 1. The number of aromatic hydroxyl groups is 3. The predicted molar refractivity (Wildman–Crippen MR) is 74.1 cm³/mol. The van der Waals surface area contributed by atoms with Crippen molar-refractivity contribution >= 4 is 12.4 Å². The van der Waals surface area contributed by atoms with Crippen molar-refractivity contribution in [1.29, 1.82) is 0 Å². The minimum absolute atomic E-state index is 0.0772. The van der Waals surface area contributed by atoms with Crippen molar-refractivity contribution in [3.63, 3.8) is 0 Å². The van der Waals surface area contributed by atoms with Crippen molar-refractivity contribution in [3.05, 3.63) is 42.0 Å². The smallest absolute Gasteiger partial charge is 0.355 e. The van der Waals surface area contributed by atoms with E-state index in [9.17, 15) is 24.9 Å². The van der Waals surface area contributed by atoms with Gasteiger partial charge in [-0.05, 0) is 17.7 Å². The lowest BCUT2D eigenvalue weighted by Gasteiger charge is -2.15. The highest BCUT2D eigenvalue weighted by Gasteiger charge is 2.23. The van der Waals surface area contributed by atoms with Crippen LogP contribution in [0.25, 0.3) is 0 Å². The minimum Gasteiger partial charge on any atom is -0.508 e. The first-order valence-corrected chi connectivity index (χ1v) is 6.30.